The summed E-state index contributed by atoms with van der Waals surface area (Å²) in [4.78, 5) is 0. The Balaban J connectivity index is 2.32. The van der Waals surface area contributed by atoms with Crippen LogP contribution in [0, 0.1) is 0 Å². The molecule has 0 aliphatic carbocycles. The minimum absolute atomic E-state index is 0.423. The van der Waals surface area contributed by atoms with E-state index in [0.717, 1.165) is 14.4 Å². The van der Waals surface area contributed by atoms with Crippen LogP contribution in [0.15, 0.2) is 48.5 Å². The van der Waals surface area contributed by atoms with E-state index in [4.69, 9.17) is 23.2 Å². The average molecular weight is 299 g/mol. The van der Waals surface area contributed by atoms with Crippen LogP contribution in [0.3, 0.4) is 0 Å². The van der Waals surface area contributed by atoms with Gasteiger partial charge in [-0.05, 0) is 0 Å². The van der Waals surface area contributed by atoms with Gasteiger partial charge in [0, 0.05) is 0 Å². The topological polar surface area (TPSA) is 0 Å². The molecule has 0 fully saturated rings. The number of hydrogen-bond acceptors (Lipinski definition) is 0. The predicted molar refractivity (Wildman–Crippen MR) is 69.3 cm³/mol. The van der Waals surface area contributed by atoms with Crippen molar-refractivity contribution in [3.8, 4) is 0 Å². The van der Waals surface area contributed by atoms with Gasteiger partial charge in [0.25, 0.3) is 0 Å². The molecular formula is C12H9AsCl2. The first kappa shape index (κ1) is 11.1. The van der Waals surface area contributed by atoms with E-state index in [1.165, 1.54) is 4.35 Å². The number of rotatable bonds is 2. The predicted octanol–water partition coefficient (Wildman–Crippen LogP) is 2.38. The molecular weight excluding hydrogens is 290 g/mol. The van der Waals surface area contributed by atoms with Gasteiger partial charge in [0.2, 0.25) is 0 Å². The summed E-state index contributed by atoms with van der Waals surface area (Å²) in [5, 5.41) is 1.57. The summed E-state index contributed by atoms with van der Waals surface area (Å²) in [5.41, 5.74) is 0. The third kappa shape index (κ3) is 2.78. The molecule has 0 aliphatic rings. The van der Waals surface area contributed by atoms with E-state index in [2.05, 4.69) is 12.1 Å². The van der Waals surface area contributed by atoms with E-state index in [9.17, 15) is 0 Å². The summed E-state index contributed by atoms with van der Waals surface area (Å²) >= 11 is 11.8. The van der Waals surface area contributed by atoms with Crippen LogP contribution in [-0.2, 0) is 0 Å². The van der Waals surface area contributed by atoms with Gasteiger partial charge < -0.3 is 0 Å². The van der Waals surface area contributed by atoms with Crippen molar-refractivity contribution in [2.45, 2.75) is 0 Å². The Morgan fingerprint density at radius 2 is 1.33 bits per heavy atom. The van der Waals surface area contributed by atoms with Crippen LogP contribution < -0.4 is 8.70 Å². The Morgan fingerprint density at radius 3 is 1.93 bits per heavy atom. The molecule has 2 rings (SSSR count). The zero-order valence-electron chi connectivity index (χ0n) is 7.87. The Labute approximate surface area is 106 Å². The van der Waals surface area contributed by atoms with Crippen molar-refractivity contribution in [3.63, 3.8) is 0 Å². The van der Waals surface area contributed by atoms with Gasteiger partial charge >= 0.3 is 106 Å². The SMILES string of the molecule is Clc1cccc(Cl)c1[AsH]c1ccccc1. The molecule has 0 saturated carbocycles. The maximum absolute atomic E-state index is 6.13. The molecule has 0 spiro atoms. The molecule has 1 atom stereocenters. The molecule has 0 N–H and O–H groups in total. The van der Waals surface area contributed by atoms with E-state index in [0.29, 0.717) is 0 Å². The Bertz CT molecular complexity index is 434. The molecule has 0 aliphatic heterocycles. The summed E-state index contributed by atoms with van der Waals surface area (Å²) < 4.78 is 2.46. The van der Waals surface area contributed by atoms with Gasteiger partial charge in [-0.2, -0.15) is 0 Å². The fourth-order valence-corrected chi connectivity index (χ4v) is 4.38. The Kier molecular flexibility index (Phi) is 3.75. The summed E-state index contributed by atoms with van der Waals surface area (Å²) in [6, 6.07) is 16.0. The van der Waals surface area contributed by atoms with Crippen LogP contribution in [0.4, 0.5) is 0 Å². The number of halogens is 2. The standard InChI is InChI=1S/C12H9AsCl2/c14-10-7-4-8-11(15)12(10)13-9-5-2-1-3-6-9/h1-8,13H. The molecule has 0 bridgehead atoms. The maximum atomic E-state index is 6.13. The van der Waals surface area contributed by atoms with Crippen LogP contribution in [-0.4, -0.2) is 15.8 Å². The molecule has 0 amide bonds. The molecule has 1 unspecified atom stereocenters. The van der Waals surface area contributed by atoms with Crippen LogP contribution in [0.1, 0.15) is 0 Å². The molecule has 3 heteroatoms. The quantitative estimate of drug-likeness (QED) is 0.747. The minimum atomic E-state index is -0.423. The third-order valence-electron chi connectivity index (χ3n) is 2.01. The van der Waals surface area contributed by atoms with Crippen molar-refractivity contribution in [3.05, 3.63) is 58.6 Å². The van der Waals surface area contributed by atoms with Crippen molar-refractivity contribution in [2.75, 3.05) is 0 Å². The third-order valence-corrected chi connectivity index (χ3v) is 6.26. The fraction of sp³-hybridized carbons (Fsp3) is 0. The van der Waals surface area contributed by atoms with Gasteiger partial charge in [-0.25, -0.2) is 0 Å². The van der Waals surface area contributed by atoms with E-state index < -0.39 is 15.8 Å². The van der Waals surface area contributed by atoms with E-state index >= 15 is 0 Å². The van der Waals surface area contributed by atoms with Crippen molar-refractivity contribution in [2.24, 2.45) is 0 Å². The summed E-state index contributed by atoms with van der Waals surface area (Å²) in [6.07, 6.45) is 0. The van der Waals surface area contributed by atoms with E-state index in [1.807, 2.05) is 36.4 Å². The Hall–Kier alpha value is -0.422. The zero-order valence-corrected chi connectivity index (χ0v) is 11.5. The second-order valence-corrected chi connectivity index (χ2v) is 6.69. The second-order valence-electron chi connectivity index (χ2n) is 3.09. The molecule has 15 heavy (non-hydrogen) atoms. The average Bonchev–Trinajstić information content (AvgIpc) is 2.25. The molecule has 2 aromatic rings. The molecule has 0 radical (unpaired) electrons. The van der Waals surface area contributed by atoms with Crippen LogP contribution in [0.5, 0.6) is 0 Å². The second kappa shape index (κ2) is 5.07. The summed E-state index contributed by atoms with van der Waals surface area (Å²) in [6.45, 7) is 0. The van der Waals surface area contributed by atoms with Gasteiger partial charge in [0.15, 0.2) is 0 Å². The van der Waals surface area contributed by atoms with Crippen molar-refractivity contribution >= 4 is 47.7 Å². The van der Waals surface area contributed by atoms with Gasteiger partial charge in [0.05, 0.1) is 0 Å². The first-order valence-electron chi connectivity index (χ1n) is 4.53. The normalized spacial score (nSPS) is 11.1. The molecule has 0 nitrogen and oxygen atoms in total. The molecule has 76 valence electrons. The molecule has 0 heterocycles. The monoisotopic (exact) mass is 298 g/mol. The number of benzene rings is 2. The van der Waals surface area contributed by atoms with Crippen LogP contribution in [0.2, 0.25) is 10.0 Å². The van der Waals surface area contributed by atoms with Gasteiger partial charge in [-0.1, -0.05) is 0 Å². The molecule has 2 aromatic carbocycles. The fourth-order valence-electron chi connectivity index (χ4n) is 1.28. The van der Waals surface area contributed by atoms with Crippen molar-refractivity contribution in [1.29, 1.82) is 0 Å². The molecule has 0 saturated heterocycles. The van der Waals surface area contributed by atoms with Gasteiger partial charge in [-0.15, -0.1) is 0 Å². The van der Waals surface area contributed by atoms with E-state index in [-0.39, 0.29) is 0 Å². The Morgan fingerprint density at radius 1 is 0.733 bits per heavy atom. The number of hydrogen-bond donors (Lipinski definition) is 0. The van der Waals surface area contributed by atoms with Gasteiger partial charge in [-0.3, -0.25) is 0 Å². The zero-order chi connectivity index (χ0) is 10.7. The van der Waals surface area contributed by atoms with Crippen LogP contribution in [0.25, 0.3) is 0 Å². The van der Waals surface area contributed by atoms with Crippen molar-refractivity contribution < 1.29 is 0 Å². The summed E-state index contributed by atoms with van der Waals surface area (Å²) in [5.74, 6) is 0. The molecule has 0 aromatic heterocycles. The first-order chi connectivity index (χ1) is 7.27. The van der Waals surface area contributed by atoms with E-state index in [1.54, 1.807) is 0 Å². The van der Waals surface area contributed by atoms with Crippen LogP contribution >= 0.6 is 23.2 Å². The van der Waals surface area contributed by atoms with Gasteiger partial charge in [0.1, 0.15) is 0 Å². The summed E-state index contributed by atoms with van der Waals surface area (Å²) in [7, 11) is 0. The van der Waals surface area contributed by atoms with Crippen molar-refractivity contribution in [1.82, 2.24) is 0 Å². The first-order valence-corrected chi connectivity index (χ1v) is 7.39.